The van der Waals surface area contributed by atoms with E-state index in [1.807, 2.05) is 0 Å². The lowest BCUT2D eigenvalue weighted by atomic mass is 10.1. The number of rotatable bonds is 8. The van der Waals surface area contributed by atoms with Crippen molar-refractivity contribution in [3.63, 3.8) is 0 Å². The fourth-order valence-electron chi connectivity index (χ4n) is 3.51. The van der Waals surface area contributed by atoms with Crippen LogP contribution in [-0.2, 0) is 17.6 Å². The van der Waals surface area contributed by atoms with E-state index < -0.39 is 23.3 Å². The molecule has 0 saturated carbocycles. The molecule has 13 heteroatoms. The van der Waals surface area contributed by atoms with E-state index in [9.17, 15) is 29.6 Å². The predicted molar refractivity (Wildman–Crippen MR) is 125 cm³/mol. The first-order chi connectivity index (χ1) is 16.2. The number of carboxylic acid groups (broad SMARTS) is 1. The van der Waals surface area contributed by atoms with Crippen molar-refractivity contribution >= 4 is 51.6 Å². The fraction of sp³-hybridized carbons (Fsp3) is 0.143. The van der Waals surface area contributed by atoms with Gasteiger partial charge in [-0.15, -0.1) is 11.3 Å². The summed E-state index contributed by atoms with van der Waals surface area (Å²) in [6.07, 6.45) is 2.73. The first-order valence-corrected chi connectivity index (χ1v) is 10.8. The predicted octanol–water partition coefficient (Wildman–Crippen LogP) is 2.32. The van der Waals surface area contributed by atoms with Crippen molar-refractivity contribution in [1.82, 2.24) is 15.0 Å². The van der Waals surface area contributed by atoms with Gasteiger partial charge in [0.1, 0.15) is 12.2 Å². The number of aryl methyl sites for hydroxylation is 2. The van der Waals surface area contributed by atoms with E-state index in [0.29, 0.717) is 28.8 Å². The van der Waals surface area contributed by atoms with Crippen molar-refractivity contribution in [1.29, 1.82) is 0 Å². The van der Waals surface area contributed by atoms with Crippen LogP contribution in [0.15, 0.2) is 47.4 Å². The van der Waals surface area contributed by atoms with Gasteiger partial charge in [0.25, 0.3) is 17.2 Å². The van der Waals surface area contributed by atoms with E-state index in [1.54, 1.807) is 18.3 Å². The molecule has 0 atom stereocenters. The number of thiophene rings is 1. The molecule has 0 aliphatic heterocycles. The number of carbonyl (C=O) groups excluding carboxylic acids is 1. The Bertz CT molecular complexity index is 1450. The number of benzene rings is 1. The van der Waals surface area contributed by atoms with Gasteiger partial charge in [0, 0.05) is 28.9 Å². The molecule has 3 aromatic heterocycles. The molecule has 0 saturated heterocycles. The summed E-state index contributed by atoms with van der Waals surface area (Å²) in [6, 6.07) is 8.46. The van der Waals surface area contributed by atoms with Gasteiger partial charge < -0.3 is 15.8 Å². The Balaban J connectivity index is 1.52. The highest BCUT2D eigenvalue weighted by Crippen LogP contribution is 2.25. The average molecular weight is 482 g/mol. The van der Waals surface area contributed by atoms with Crippen LogP contribution in [0.2, 0.25) is 0 Å². The third-order valence-electron chi connectivity index (χ3n) is 5.07. The number of nitro benzene ring substituents is 1. The zero-order valence-electron chi connectivity index (χ0n) is 17.5. The van der Waals surface area contributed by atoms with Crippen LogP contribution in [0.1, 0.15) is 20.1 Å². The minimum atomic E-state index is -1.22. The Kier molecular flexibility index (Phi) is 6.10. The number of carbonyl (C=O) groups is 2. The summed E-state index contributed by atoms with van der Waals surface area (Å²) < 4.78 is 0. The molecule has 0 spiro atoms. The summed E-state index contributed by atoms with van der Waals surface area (Å²) in [7, 11) is 0. The number of nitrogens with one attached hydrogen (secondary N) is 2. The average Bonchev–Trinajstić information content (AvgIpc) is 3.42. The summed E-state index contributed by atoms with van der Waals surface area (Å²) in [6.45, 7) is -0.599. The second kappa shape index (κ2) is 9.15. The van der Waals surface area contributed by atoms with Crippen LogP contribution >= 0.6 is 11.3 Å². The van der Waals surface area contributed by atoms with Crippen LogP contribution in [0, 0.1) is 10.1 Å². The van der Waals surface area contributed by atoms with E-state index in [0.717, 1.165) is 15.3 Å². The number of fused-ring (bicyclic) bond motifs is 1. The number of carboxylic acids is 1. The maximum absolute atomic E-state index is 13.1. The molecule has 4 aromatic rings. The number of nitrogen functional groups attached to an aromatic ring is 1. The van der Waals surface area contributed by atoms with Gasteiger partial charge in [0.05, 0.1) is 15.2 Å². The number of amides is 1. The van der Waals surface area contributed by atoms with Gasteiger partial charge in [-0.1, -0.05) is 0 Å². The first kappa shape index (κ1) is 22.7. The van der Waals surface area contributed by atoms with Gasteiger partial charge in [0.2, 0.25) is 5.95 Å². The molecule has 0 unspecified atom stereocenters. The van der Waals surface area contributed by atoms with Crippen molar-refractivity contribution < 1.29 is 19.6 Å². The van der Waals surface area contributed by atoms with Gasteiger partial charge in [0.15, 0.2) is 0 Å². The Morgan fingerprint density at radius 2 is 1.91 bits per heavy atom. The van der Waals surface area contributed by atoms with Crippen LogP contribution in [0.4, 0.5) is 17.3 Å². The highest BCUT2D eigenvalue weighted by atomic mass is 32.1. The van der Waals surface area contributed by atoms with Crippen LogP contribution in [0.25, 0.3) is 11.0 Å². The molecule has 0 fully saturated rings. The Labute approximate surface area is 194 Å². The van der Waals surface area contributed by atoms with E-state index in [2.05, 4.69) is 15.0 Å². The maximum Gasteiger partial charge on any atom is 0.323 e. The van der Waals surface area contributed by atoms with E-state index in [4.69, 9.17) is 5.73 Å². The molecule has 0 aliphatic carbocycles. The fourth-order valence-corrected chi connectivity index (χ4v) is 4.46. The molecular formula is C21H18N6O6S. The maximum atomic E-state index is 13.1. The largest absolute Gasteiger partial charge is 0.480 e. The number of nitro groups is 1. The number of nitrogens with zero attached hydrogens (tertiary/aromatic N) is 3. The summed E-state index contributed by atoms with van der Waals surface area (Å²) in [5, 5.41) is 20.6. The third kappa shape index (κ3) is 4.63. The van der Waals surface area contributed by atoms with Crippen molar-refractivity contribution in [3.8, 4) is 0 Å². The molecule has 34 heavy (non-hydrogen) atoms. The number of anilines is 2. The summed E-state index contributed by atoms with van der Waals surface area (Å²) in [4.78, 5) is 58.6. The zero-order chi connectivity index (χ0) is 24.4. The quantitative estimate of drug-likeness (QED) is 0.217. The molecule has 0 bridgehead atoms. The van der Waals surface area contributed by atoms with Gasteiger partial charge in [-0.05, 0) is 42.7 Å². The molecule has 5 N–H and O–H groups in total. The molecule has 0 radical (unpaired) electrons. The minimum absolute atomic E-state index is 0.0197. The number of hydrogen-bond donors (Lipinski definition) is 4. The van der Waals surface area contributed by atoms with E-state index in [1.165, 1.54) is 35.6 Å². The first-order valence-electron chi connectivity index (χ1n) is 9.95. The summed E-state index contributed by atoms with van der Waals surface area (Å²) >= 11 is 1.21. The van der Waals surface area contributed by atoms with Gasteiger partial charge in [-0.2, -0.15) is 4.98 Å². The second-order valence-electron chi connectivity index (χ2n) is 7.31. The van der Waals surface area contributed by atoms with Gasteiger partial charge in [-0.3, -0.25) is 34.4 Å². The Morgan fingerprint density at radius 1 is 1.18 bits per heavy atom. The number of aromatic nitrogens is 3. The van der Waals surface area contributed by atoms with Crippen LogP contribution in [-0.4, -0.2) is 43.4 Å². The lowest BCUT2D eigenvalue weighted by molar-refractivity contribution is -0.384. The number of aromatic amines is 2. The Hall–Kier alpha value is -4.52. The SMILES string of the molecule is Nc1nc2[nH]cc(CCc3ccc(C(=O)N(CC(=O)O)c4ccc([N+](=O)[O-])cc4)s3)c2c(=O)[nH]1. The molecule has 0 aliphatic rings. The highest BCUT2D eigenvalue weighted by Gasteiger charge is 2.23. The smallest absolute Gasteiger partial charge is 0.323 e. The lowest BCUT2D eigenvalue weighted by Crippen LogP contribution is -2.35. The van der Waals surface area contributed by atoms with Gasteiger partial charge >= 0.3 is 5.97 Å². The number of nitrogens with two attached hydrogens (primary N) is 1. The van der Waals surface area contributed by atoms with Crippen molar-refractivity contribution in [2.75, 3.05) is 17.2 Å². The van der Waals surface area contributed by atoms with Crippen LogP contribution < -0.4 is 16.2 Å². The Morgan fingerprint density at radius 3 is 2.59 bits per heavy atom. The summed E-state index contributed by atoms with van der Waals surface area (Å²) in [5.74, 6) is -1.73. The van der Waals surface area contributed by atoms with Crippen molar-refractivity contribution in [2.24, 2.45) is 0 Å². The molecule has 12 nitrogen and oxygen atoms in total. The second-order valence-corrected chi connectivity index (χ2v) is 8.48. The monoisotopic (exact) mass is 482 g/mol. The molecular weight excluding hydrogens is 464 g/mol. The van der Waals surface area contributed by atoms with Crippen molar-refractivity contribution in [2.45, 2.75) is 12.8 Å². The highest BCUT2D eigenvalue weighted by molar-refractivity contribution is 7.14. The molecule has 174 valence electrons. The summed E-state index contributed by atoms with van der Waals surface area (Å²) in [5.41, 5.74) is 6.43. The number of non-ortho nitro benzene ring substituents is 1. The van der Waals surface area contributed by atoms with E-state index >= 15 is 0 Å². The minimum Gasteiger partial charge on any atom is -0.480 e. The number of hydrogen-bond acceptors (Lipinski definition) is 8. The standard InChI is InChI=1S/C21H18N6O6S/c22-21-24-18-17(19(30)25-21)11(9-23-18)1-6-14-7-8-15(34-14)20(31)26(10-16(28)29)12-2-4-13(5-3-12)27(32)33/h2-5,7-9H,1,6,10H2,(H,28,29)(H4,22,23,24,25,30). The lowest BCUT2D eigenvalue weighted by Gasteiger charge is -2.20. The zero-order valence-corrected chi connectivity index (χ0v) is 18.3. The molecule has 1 amide bonds. The van der Waals surface area contributed by atoms with Crippen LogP contribution in [0.3, 0.4) is 0 Å². The topological polar surface area (TPSA) is 188 Å². The van der Waals surface area contributed by atoms with Crippen LogP contribution in [0.5, 0.6) is 0 Å². The molecule has 3 heterocycles. The molecule has 1 aromatic carbocycles. The normalized spacial score (nSPS) is 10.9. The molecule has 4 rings (SSSR count). The van der Waals surface area contributed by atoms with Gasteiger partial charge in [-0.25, -0.2) is 0 Å². The van der Waals surface area contributed by atoms with E-state index in [-0.39, 0.29) is 22.9 Å². The number of H-pyrrole nitrogens is 2. The van der Waals surface area contributed by atoms with Crippen molar-refractivity contribution in [3.05, 3.63) is 78.4 Å². The third-order valence-corrected chi connectivity index (χ3v) is 6.20. The number of aliphatic carboxylic acids is 1.